The van der Waals surface area contributed by atoms with E-state index >= 15 is 0 Å². The summed E-state index contributed by atoms with van der Waals surface area (Å²) in [7, 11) is 0. The fourth-order valence-electron chi connectivity index (χ4n) is 2.98. The molecule has 0 radical (unpaired) electrons. The molecule has 4 nitrogen and oxygen atoms in total. The van der Waals surface area contributed by atoms with Crippen LogP contribution in [0, 0.1) is 0 Å². The normalized spacial score (nSPS) is 29.8. The van der Waals surface area contributed by atoms with E-state index in [-0.39, 0.29) is 5.41 Å². The Labute approximate surface area is 96.4 Å². The highest BCUT2D eigenvalue weighted by Crippen LogP contribution is 2.41. The minimum atomic E-state index is 0.258. The molecule has 1 aliphatic heterocycles. The Kier molecular flexibility index (Phi) is 2.46. The van der Waals surface area contributed by atoms with Gasteiger partial charge >= 0.3 is 0 Å². The van der Waals surface area contributed by atoms with Gasteiger partial charge in [-0.1, -0.05) is 13.3 Å². The van der Waals surface area contributed by atoms with Gasteiger partial charge in [-0.25, -0.2) is 0 Å². The van der Waals surface area contributed by atoms with Crippen molar-refractivity contribution in [1.82, 2.24) is 20.1 Å². The SMILES string of the molecule is CCCC1(c2nncn2C2CC2)CCNC1. The van der Waals surface area contributed by atoms with Gasteiger partial charge in [-0.05, 0) is 32.2 Å². The molecule has 1 aromatic rings. The summed E-state index contributed by atoms with van der Waals surface area (Å²) in [5.74, 6) is 1.24. The molecule has 1 unspecified atom stereocenters. The summed E-state index contributed by atoms with van der Waals surface area (Å²) in [5, 5.41) is 12.1. The van der Waals surface area contributed by atoms with E-state index in [9.17, 15) is 0 Å². The van der Waals surface area contributed by atoms with E-state index in [1.54, 1.807) is 0 Å². The number of hydrogen-bond acceptors (Lipinski definition) is 3. The lowest BCUT2D eigenvalue weighted by atomic mass is 9.81. The smallest absolute Gasteiger partial charge is 0.140 e. The highest BCUT2D eigenvalue weighted by molar-refractivity contribution is 5.14. The van der Waals surface area contributed by atoms with Crippen LogP contribution in [0.3, 0.4) is 0 Å². The summed E-state index contributed by atoms with van der Waals surface area (Å²) in [4.78, 5) is 0. The molecule has 2 fully saturated rings. The van der Waals surface area contributed by atoms with E-state index < -0.39 is 0 Å². The second-order valence-corrected chi connectivity index (χ2v) is 5.25. The quantitative estimate of drug-likeness (QED) is 0.839. The van der Waals surface area contributed by atoms with Gasteiger partial charge in [0.1, 0.15) is 12.2 Å². The zero-order chi connectivity index (χ0) is 11.0. The van der Waals surface area contributed by atoms with Crippen LogP contribution >= 0.6 is 0 Å². The topological polar surface area (TPSA) is 42.7 Å². The standard InChI is InChI=1S/C12H20N4/c1-2-5-12(6-7-13-8-12)11-15-14-9-16(11)10-3-4-10/h9-10,13H,2-8H2,1H3. The van der Waals surface area contributed by atoms with Crippen molar-refractivity contribution in [3.8, 4) is 0 Å². The van der Waals surface area contributed by atoms with Crippen molar-refractivity contribution in [2.45, 2.75) is 50.5 Å². The van der Waals surface area contributed by atoms with Crippen LogP contribution < -0.4 is 5.32 Å². The fourth-order valence-corrected chi connectivity index (χ4v) is 2.98. The van der Waals surface area contributed by atoms with Crippen molar-refractivity contribution in [3.63, 3.8) is 0 Å². The lowest BCUT2D eigenvalue weighted by molar-refractivity contribution is 0.382. The van der Waals surface area contributed by atoms with Crippen LogP contribution in [0.15, 0.2) is 6.33 Å². The molecule has 1 N–H and O–H groups in total. The largest absolute Gasteiger partial charge is 0.316 e. The molecule has 2 heterocycles. The number of aromatic nitrogens is 3. The van der Waals surface area contributed by atoms with Gasteiger partial charge in [0.2, 0.25) is 0 Å². The first-order chi connectivity index (χ1) is 7.86. The molecule has 16 heavy (non-hydrogen) atoms. The maximum atomic E-state index is 4.42. The third-order valence-electron chi connectivity index (χ3n) is 3.96. The highest BCUT2D eigenvalue weighted by Gasteiger charge is 2.41. The van der Waals surface area contributed by atoms with E-state index in [0.717, 1.165) is 13.1 Å². The van der Waals surface area contributed by atoms with Crippen LogP contribution in [-0.2, 0) is 5.41 Å². The molecule has 0 bridgehead atoms. The lowest BCUT2D eigenvalue weighted by Gasteiger charge is -2.27. The second-order valence-electron chi connectivity index (χ2n) is 5.25. The Morgan fingerprint density at radius 2 is 2.44 bits per heavy atom. The van der Waals surface area contributed by atoms with Crippen LogP contribution in [-0.4, -0.2) is 27.9 Å². The molecule has 0 spiro atoms. The molecule has 1 aliphatic carbocycles. The third-order valence-corrected chi connectivity index (χ3v) is 3.96. The van der Waals surface area contributed by atoms with Crippen LogP contribution in [0.1, 0.15) is 50.9 Å². The third kappa shape index (κ3) is 1.56. The van der Waals surface area contributed by atoms with E-state index in [4.69, 9.17) is 0 Å². The average molecular weight is 220 g/mol. The van der Waals surface area contributed by atoms with Crippen LogP contribution in [0.25, 0.3) is 0 Å². The minimum absolute atomic E-state index is 0.258. The predicted octanol–water partition coefficient (Wildman–Crippen LogP) is 1.64. The Balaban J connectivity index is 1.94. The molecule has 4 heteroatoms. The maximum absolute atomic E-state index is 4.42. The average Bonchev–Trinajstić information content (AvgIpc) is 2.83. The van der Waals surface area contributed by atoms with Crippen molar-refractivity contribution in [2.24, 2.45) is 0 Å². The summed E-state index contributed by atoms with van der Waals surface area (Å²) in [6.07, 6.45) is 8.21. The van der Waals surface area contributed by atoms with Gasteiger partial charge in [0.25, 0.3) is 0 Å². The van der Waals surface area contributed by atoms with E-state index in [1.807, 2.05) is 6.33 Å². The molecule has 1 aromatic heterocycles. The van der Waals surface area contributed by atoms with E-state index in [0.29, 0.717) is 6.04 Å². The Morgan fingerprint density at radius 3 is 3.06 bits per heavy atom. The monoisotopic (exact) mass is 220 g/mol. The Morgan fingerprint density at radius 1 is 1.56 bits per heavy atom. The van der Waals surface area contributed by atoms with E-state index in [2.05, 4.69) is 27.0 Å². The predicted molar refractivity (Wildman–Crippen MR) is 62.4 cm³/mol. The van der Waals surface area contributed by atoms with E-state index in [1.165, 1.54) is 37.9 Å². The van der Waals surface area contributed by atoms with Crippen LogP contribution in [0.5, 0.6) is 0 Å². The summed E-state index contributed by atoms with van der Waals surface area (Å²) < 4.78 is 2.34. The van der Waals surface area contributed by atoms with Gasteiger partial charge in [-0.3, -0.25) is 0 Å². The molecular weight excluding hydrogens is 200 g/mol. The molecule has 3 rings (SSSR count). The Bertz CT molecular complexity index is 361. The highest BCUT2D eigenvalue weighted by atomic mass is 15.3. The fraction of sp³-hybridized carbons (Fsp3) is 0.833. The molecule has 2 aliphatic rings. The summed E-state index contributed by atoms with van der Waals surface area (Å²) >= 11 is 0. The van der Waals surface area contributed by atoms with Crippen LogP contribution in [0.4, 0.5) is 0 Å². The zero-order valence-corrected chi connectivity index (χ0v) is 9.95. The molecule has 1 saturated carbocycles. The first kappa shape index (κ1) is 10.3. The molecule has 0 amide bonds. The second kappa shape index (κ2) is 3.84. The Hall–Kier alpha value is -0.900. The van der Waals surface area contributed by atoms with Gasteiger partial charge in [0, 0.05) is 18.0 Å². The summed E-state index contributed by atoms with van der Waals surface area (Å²) in [6, 6.07) is 0.694. The van der Waals surface area contributed by atoms with Crippen LogP contribution in [0.2, 0.25) is 0 Å². The van der Waals surface area contributed by atoms with Gasteiger partial charge < -0.3 is 9.88 Å². The summed E-state index contributed by atoms with van der Waals surface area (Å²) in [6.45, 7) is 4.46. The van der Waals surface area contributed by atoms with Crippen molar-refractivity contribution < 1.29 is 0 Å². The van der Waals surface area contributed by atoms with Gasteiger partial charge in [-0.2, -0.15) is 0 Å². The number of hydrogen-bond donors (Lipinski definition) is 1. The zero-order valence-electron chi connectivity index (χ0n) is 9.95. The van der Waals surface area contributed by atoms with Crippen molar-refractivity contribution in [3.05, 3.63) is 12.2 Å². The molecule has 1 atom stereocenters. The molecule has 1 saturated heterocycles. The molecule has 0 aromatic carbocycles. The van der Waals surface area contributed by atoms with Gasteiger partial charge in [-0.15, -0.1) is 10.2 Å². The maximum Gasteiger partial charge on any atom is 0.140 e. The number of nitrogens with zero attached hydrogens (tertiary/aromatic N) is 3. The number of nitrogens with one attached hydrogen (secondary N) is 1. The molecule has 88 valence electrons. The molecular formula is C12H20N4. The van der Waals surface area contributed by atoms with Crippen molar-refractivity contribution in [1.29, 1.82) is 0 Å². The minimum Gasteiger partial charge on any atom is -0.316 e. The van der Waals surface area contributed by atoms with Gasteiger partial charge in [0.05, 0.1) is 0 Å². The van der Waals surface area contributed by atoms with Crippen molar-refractivity contribution >= 4 is 0 Å². The summed E-state index contributed by atoms with van der Waals surface area (Å²) in [5.41, 5.74) is 0.258. The van der Waals surface area contributed by atoms with Gasteiger partial charge in [0.15, 0.2) is 0 Å². The first-order valence-corrected chi connectivity index (χ1v) is 6.46. The van der Waals surface area contributed by atoms with Crippen molar-refractivity contribution in [2.75, 3.05) is 13.1 Å². The first-order valence-electron chi connectivity index (χ1n) is 6.46. The number of rotatable bonds is 4. The lowest BCUT2D eigenvalue weighted by Crippen LogP contribution is -2.32.